The average Bonchev–Trinajstić information content (AvgIpc) is 3.30. The van der Waals surface area contributed by atoms with Crippen molar-refractivity contribution >= 4 is 17.9 Å². The van der Waals surface area contributed by atoms with Crippen molar-refractivity contribution in [3.8, 4) is 0 Å². The van der Waals surface area contributed by atoms with Crippen molar-refractivity contribution in [2.75, 3.05) is 13.2 Å². The van der Waals surface area contributed by atoms with E-state index in [0.717, 1.165) is 103 Å². The summed E-state index contributed by atoms with van der Waals surface area (Å²) in [5, 5.41) is 0. The van der Waals surface area contributed by atoms with Gasteiger partial charge in [0.05, 0.1) is 0 Å². The number of hydrogen-bond donors (Lipinski definition) is 0. The number of ether oxygens (including phenoxy) is 3. The van der Waals surface area contributed by atoms with E-state index in [1.807, 2.05) is 0 Å². The van der Waals surface area contributed by atoms with Crippen molar-refractivity contribution in [3.63, 3.8) is 0 Å². The van der Waals surface area contributed by atoms with Crippen LogP contribution in [-0.4, -0.2) is 37.2 Å². The van der Waals surface area contributed by atoms with Gasteiger partial charge in [-0.1, -0.05) is 201 Å². The minimum Gasteiger partial charge on any atom is -0.462 e. The largest absolute Gasteiger partial charge is 0.462 e. The molecule has 0 saturated carbocycles. The Morgan fingerprint density at radius 1 is 0.323 bits per heavy atom. The molecule has 370 valence electrons. The van der Waals surface area contributed by atoms with Gasteiger partial charge < -0.3 is 14.2 Å². The molecule has 6 nitrogen and oxygen atoms in total. The van der Waals surface area contributed by atoms with Gasteiger partial charge in [-0.2, -0.15) is 0 Å². The molecule has 0 radical (unpaired) electrons. The van der Waals surface area contributed by atoms with Crippen molar-refractivity contribution in [3.05, 3.63) is 97.2 Å². The van der Waals surface area contributed by atoms with E-state index in [1.54, 1.807) is 0 Å². The summed E-state index contributed by atoms with van der Waals surface area (Å²) in [4.78, 5) is 38.0. The van der Waals surface area contributed by atoms with Crippen LogP contribution in [0, 0.1) is 0 Å². The standard InChI is InChI=1S/C59H98O6/c1-4-7-10-13-16-19-22-25-28-29-32-34-37-40-43-46-49-52-58(61)64-55-56(65-59(62)53-50-47-44-41-38-35-31-27-24-21-18-15-12-9-6-3)54-63-57(60)51-48-45-42-39-36-33-30-26-23-20-17-14-11-8-5-2/h9,12,16,18-21,23,25,27-28,31-32,34,40,43,56H,4-8,10-11,13-15,17,22,24,26,29-30,33,35-39,41-42,44-55H2,1-3H3/b12-9+,19-16+,21-18+,23-20+,28-25+,31-27+,34-32+,43-40+/t56-/m1/s1. The predicted octanol–water partition coefficient (Wildman–Crippen LogP) is 17.8. The van der Waals surface area contributed by atoms with Crippen LogP contribution in [0.2, 0.25) is 0 Å². The van der Waals surface area contributed by atoms with Crippen LogP contribution in [0.15, 0.2) is 97.2 Å². The van der Waals surface area contributed by atoms with E-state index in [2.05, 4.69) is 118 Å². The topological polar surface area (TPSA) is 78.9 Å². The molecule has 0 aliphatic heterocycles. The van der Waals surface area contributed by atoms with Gasteiger partial charge >= 0.3 is 17.9 Å². The molecule has 1 atom stereocenters. The van der Waals surface area contributed by atoms with Crippen molar-refractivity contribution in [2.45, 2.75) is 245 Å². The molecule has 0 aromatic heterocycles. The summed E-state index contributed by atoms with van der Waals surface area (Å²) in [6, 6.07) is 0. The highest BCUT2D eigenvalue weighted by Crippen LogP contribution is 2.13. The molecule has 0 aromatic carbocycles. The molecule has 0 heterocycles. The fraction of sp³-hybridized carbons (Fsp3) is 0.678. The second-order valence-corrected chi connectivity index (χ2v) is 17.4. The van der Waals surface area contributed by atoms with Crippen LogP contribution in [-0.2, 0) is 28.6 Å². The second kappa shape index (κ2) is 52.9. The molecular formula is C59H98O6. The molecule has 0 spiro atoms. The monoisotopic (exact) mass is 903 g/mol. The number of rotatable bonds is 47. The molecule has 0 saturated heterocycles. The lowest BCUT2D eigenvalue weighted by atomic mass is 10.1. The normalized spacial score (nSPS) is 12.8. The Hall–Kier alpha value is -3.67. The first-order chi connectivity index (χ1) is 32.0. The van der Waals surface area contributed by atoms with Gasteiger partial charge in [0, 0.05) is 19.3 Å². The highest BCUT2D eigenvalue weighted by atomic mass is 16.6. The third kappa shape index (κ3) is 51.2. The zero-order valence-electron chi connectivity index (χ0n) is 42.2. The van der Waals surface area contributed by atoms with E-state index < -0.39 is 6.10 Å². The maximum atomic E-state index is 12.8. The summed E-state index contributed by atoms with van der Waals surface area (Å²) in [7, 11) is 0. The Morgan fingerprint density at radius 2 is 0.615 bits per heavy atom. The summed E-state index contributed by atoms with van der Waals surface area (Å²) in [5.41, 5.74) is 0. The number of carbonyl (C=O) groups excluding carboxylic acids is 3. The van der Waals surface area contributed by atoms with Crippen LogP contribution in [0.5, 0.6) is 0 Å². The summed E-state index contributed by atoms with van der Waals surface area (Å²) in [6.45, 7) is 6.42. The maximum Gasteiger partial charge on any atom is 0.306 e. The zero-order chi connectivity index (χ0) is 47.2. The van der Waals surface area contributed by atoms with E-state index in [9.17, 15) is 14.4 Å². The molecule has 0 bridgehead atoms. The number of carbonyl (C=O) groups is 3. The smallest absolute Gasteiger partial charge is 0.306 e. The third-order valence-corrected chi connectivity index (χ3v) is 11.0. The van der Waals surface area contributed by atoms with Crippen molar-refractivity contribution in [1.82, 2.24) is 0 Å². The van der Waals surface area contributed by atoms with Crippen LogP contribution in [0.3, 0.4) is 0 Å². The SMILES string of the molecule is CC/C=C/C/C=C/C/C=C/CCCCCCCC(=O)O[C@@H](COC(=O)CCC/C=C/C/C=C/C/C=C/C/C=C/CCCCC)COC(=O)CCCCCCCCC/C=C/CCCCCC. The molecule has 0 aromatic rings. The van der Waals surface area contributed by atoms with Crippen LogP contribution in [0.1, 0.15) is 239 Å². The minimum atomic E-state index is -0.811. The van der Waals surface area contributed by atoms with Gasteiger partial charge in [0.2, 0.25) is 0 Å². The van der Waals surface area contributed by atoms with Gasteiger partial charge in [0.1, 0.15) is 13.2 Å². The third-order valence-electron chi connectivity index (χ3n) is 11.0. The highest BCUT2D eigenvalue weighted by Gasteiger charge is 2.19. The molecule has 65 heavy (non-hydrogen) atoms. The molecule has 0 rings (SSSR count). The lowest BCUT2D eigenvalue weighted by Gasteiger charge is -2.18. The van der Waals surface area contributed by atoms with Gasteiger partial charge in [0.15, 0.2) is 6.10 Å². The molecule has 0 fully saturated rings. The lowest BCUT2D eigenvalue weighted by molar-refractivity contribution is -0.167. The Morgan fingerprint density at radius 3 is 1.05 bits per heavy atom. The number of allylic oxidation sites excluding steroid dienone is 16. The second-order valence-electron chi connectivity index (χ2n) is 17.4. The Balaban J connectivity index is 4.51. The number of esters is 3. The lowest BCUT2D eigenvalue weighted by Crippen LogP contribution is -2.30. The predicted molar refractivity (Wildman–Crippen MR) is 279 cm³/mol. The first-order valence-corrected chi connectivity index (χ1v) is 26.7. The van der Waals surface area contributed by atoms with Gasteiger partial charge in [-0.15, -0.1) is 0 Å². The maximum absolute atomic E-state index is 12.8. The summed E-state index contributed by atoms with van der Waals surface area (Å²) in [6.07, 6.45) is 69.6. The molecular weight excluding hydrogens is 805 g/mol. The first kappa shape index (κ1) is 61.3. The van der Waals surface area contributed by atoms with E-state index >= 15 is 0 Å². The van der Waals surface area contributed by atoms with E-state index in [0.29, 0.717) is 19.3 Å². The first-order valence-electron chi connectivity index (χ1n) is 26.7. The molecule has 0 aliphatic carbocycles. The molecule has 0 amide bonds. The van der Waals surface area contributed by atoms with E-state index in [-0.39, 0.29) is 37.5 Å². The van der Waals surface area contributed by atoms with Gasteiger partial charge in [-0.05, 0) is 116 Å². The van der Waals surface area contributed by atoms with Gasteiger partial charge in [0.25, 0.3) is 0 Å². The average molecular weight is 903 g/mol. The van der Waals surface area contributed by atoms with Crippen molar-refractivity contribution in [2.24, 2.45) is 0 Å². The number of unbranched alkanes of at least 4 members (excludes halogenated alkanes) is 20. The van der Waals surface area contributed by atoms with Gasteiger partial charge in [-0.3, -0.25) is 14.4 Å². The molecule has 0 N–H and O–H groups in total. The highest BCUT2D eigenvalue weighted by molar-refractivity contribution is 5.71. The van der Waals surface area contributed by atoms with E-state index in [4.69, 9.17) is 14.2 Å². The molecule has 6 heteroatoms. The van der Waals surface area contributed by atoms with Crippen LogP contribution in [0.25, 0.3) is 0 Å². The van der Waals surface area contributed by atoms with Crippen LogP contribution < -0.4 is 0 Å². The molecule has 0 unspecified atom stereocenters. The molecule has 0 aliphatic rings. The fourth-order valence-electron chi connectivity index (χ4n) is 7.03. The quantitative estimate of drug-likeness (QED) is 0.0262. The zero-order valence-corrected chi connectivity index (χ0v) is 42.2. The van der Waals surface area contributed by atoms with Crippen LogP contribution >= 0.6 is 0 Å². The van der Waals surface area contributed by atoms with Crippen molar-refractivity contribution < 1.29 is 28.6 Å². The minimum absolute atomic E-state index is 0.105. The van der Waals surface area contributed by atoms with E-state index in [1.165, 1.54) is 89.9 Å². The summed E-state index contributed by atoms with van der Waals surface area (Å²) >= 11 is 0. The van der Waals surface area contributed by atoms with Crippen molar-refractivity contribution in [1.29, 1.82) is 0 Å². The van der Waals surface area contributed by atoms with Crippen LogP contribution in [0.4, 0.5) is 0 Å². The Bertz CT molecular complexity index is 1310. The van der Waals surface area contributed by atoms with Gasteiger partial charge in [-0.25, -0.2) is 0 Å². The Labute approximate surface area is 400 Å². The fourth-order valence-corrected chi connectivity index (χ4v) is 7.03. The summed E-state index contributed by atoms with van der Waals surface area (Å²) in [5.74, 6) is -0.986. The Kier molecular flexibility index (Phi) is 50.0. The summed E-state index contributed by atoms with van der Waals surface area (Å²) < 4.78 is 16.8. The number of hydrogen-bond acceptors (Lipinski definition) is 6.